The van der Waals surface area contributed by atoms with E-state index in [-0.39, 0.29) is 5.56 Å². The molecule has 0 aromatic carbocycles. The Labute approximate surface area is 156 Å². The van der Waals surface area contributed by atoms with Crippen molar-refractivity contribution in [1.29, 1.82) is 0 Å². The van der Waals surface area contributed by atoms with E-state index >= 15 is 0 Å². The van der Waals surface area contributed by atoms with Gasteiger partial charge in [0, 0.05) is 44.2 Å². The Morgan fingerprint density at radius 2 is 2.00 bits per heavy atom. The number of aromatic nitrogens is 4. The van der Waals surface area contributed by atoms with E-state index in [9.17, 15) is 4.79 Å². The Morgan fingerprint density at radius 1 is 1.11 bits per heavy atom. The first kappa shape index (κ1) is 16.4. The van der Waals surface area contributed by atoms with Crippen LogP contribution in [0.2, 0.25) is 0 Å². The van der Waals surface area contributed by atoms with Crippen molar-refractivity contribution in [3.63, 3.8) is 0 Å². The molecule has 27 heavy (non-hydrogen) atoms. The summed E-state index contributed by atoms with van der Waals surface area (Å²) in [6.45, 7) is 5.02. The number of fused-ring (bicyclic) bond motifs is 2. The molecule has 0 atom stereocenters. The minimum atomic E-state index is 0.0223. The van der Waals surface area contributed by atoms with Crippen molar-refractivity contribution in [1.82, 2.24) is 24.9 Å². The molecule has 0 radical (unpaired) electrons. The molecule has 4 heterocycles. The topological polar surface area (TPSA) is 80.3 Å². The molecule has 0 N–H and O–H groups in total. The van der Waals surface area contributed by atoms with Gasteiger partial charge in [0.15, 0.2) is 11.4 Å². The van der Waals surface area contributed by atoms with Crippen LogP contribution in [0.3, 0.4) is 0 Å². The number of rotatable bonds is 4. The molecular weight excluding hydrogens is 344 g/mol. The Bertz CT molecular complexity index is 1020. The number of hydrogen-bond acceptors (Lipinski definition) is 7. The maximum atomic E-state index is 12.2. The number of aryl methyl sites for hydroxylation is 2. The monoisotopic (exact) mass is 366 g/mol. The Balaban J connectivity index is 1.22. The summed E-state index contributed by atoms with van der Waals surface area (Å²) >= 11 is 0. The van der Waals surface area contributed by atoms with Gasteiger partial charge in [0.2, 0.25) is 0 Å². The molecule has 0 unspecified atom stereocenters. The third-order valence-electron chi connectivity index (χ3n) is 5.57. The van der Waals surface area contributed by atoms with E-state index in [1.807, 2.05) is 6.07 Å². The van der Waals surface area contributed by atoms with Crippen molar-refractivity contribution >= 4 is 16.8 Å². The van der Waals surface area contributed by atoms with Gasteiger partial charge in [-0.05, 0) is 30.9 Å². The molecule has 0 amide bonds. The van der Waals surface area contributed by atoms with Gasteiger partial charge >= 0.3 is 0 Å². The number of anilines is 1. The fraction of sp³-hybridized carbons (Fsp3) is 0.474. The minimum absolute atomic E-state index is 0.0223. The lowest BCUT2D eigenvalue weighted by atomic mass is 10.2. The molecule has 8 heteroatoms. The summed E-state index contributed by atoms with van der Waals surface area (Å²) in [5.41, 5.74) is 3.06. The number of hydrogen-bond donors (Lipinski definition) is 0. The zero-order chi connectivity index (χ0) is 18.2. The smallest absolute Gasteiger partial charge is 0.267 e. The van der Waals surface area contributed by atoms with E-state index in [2.05, 4.69) is 25.1 Å². The number of nitrogens with zero attached hydrogens (tertiary/aromatic N) is 6. The van der Waals surface area contributed by atoms with E-state index in [4.69, 9.17) is 4.42 Å². The maximum Gasteiger partial charge on any atom is 0.267 e. The molecule has 2 aliphatic rings. The first-order valence-electron chi connectivity index (χ1n) is 9.54. The van der Waals surface area contributed by atoms with Crippen molar-refractivity contribution < 1.29 is 4.42 Å². The van der Waals surface area contributed by atoms with Gasteiger partial charge < -0.3 is 9.32 Å². The van der Waals surface area contributed by atoms with Crippen LogP contribution in [0.5, 0.6) is 0 Å². The summed E-state index contributed by atoms with van der Waals surface area (Å²) in [4.78, 5) is 16.8. The van der Waals surface area contributed by atoms with Gasteiger partial charge in [-0.1, -0.05) is 0 Å². The second kappa shape index (κ2) is 6.77. The molecule has 1 aliphatic carbocycles. The first-order chi connectivity index (χ1) is 13.3. The summed E-state index contributed by atoms with van der Waals surface area (Å²) in [5, 5.41) is 13.9. The van der Waals surface area contributed by atoms with Gasteiger partial charge in [0.25, 0.3) is 5.56 Å². The van der Waals surface area contributed by atoms with Crippen molar-refractivity contribution in [2.45, 2.75) is 25.8 Å². The van der Waals surface area contributed by atoms with E-state index < -0.39 is 0 Å². The summed E-state index contributed by atoms with van der Waals surface area (Å²) in [5.74, 6) is 0.814. The van der Waals surface area contributed by atoms with Crippen molar-refractivity contribution in [2.75, 3.05) is 37.6 Å². The van der Waals surface area contributed by atoms with Crippen LogP contribution >= 0.6 is 0 Å². The summed E-state index contributed by atoms with van der Waals surface area (Å²) in [6, 6.07) is 3.68. The van der Waals surface area contributed by atoms with Gasteiger partial charge in [0.05, 0.1) is 24.7 Å². The van der Waals surface area contributed by atoms with Crippen molar-refractivity contribution in [2.24, 2.45) is 0 Å². The van der Waals surface area contributed by atoms with Crippen LogP contribution in [0.15, 0.2) is 33.8 Å². The average molecular weight is 366 g/mol. The number of piperazine rings is 1. The van der Waals surface area contributed by atoms with Gasteiger partial charge in [-0.3, -0.25) is 9.69 Å². The normalized spacial score (nSPS) is 17.6. The van der Waals surface area contributed by atoms with E-state index in [0.29, 0.717) is 6.54 Å². The first-order valence-corrected chi connectivity index (χ1v) is 9.54. The van der Waals surface area contributed by atoms with Crippen LogP contribution in [0, 0.1) is 0 Å². The second-order valence-electron chi connectivity index (χ2n) is 7.23. The lowest BCUT2D eigenvalue weighted by Gasteiger charge is -2.35. The van der Waals surface area contributed by atoms with Gasteiger partial charge in [-0.15, -0.1) is 5.10 Å². The third kappa shape index (κ3) is 3.10. The highest BCUT2D eigenvalue weighted by Crippen LogP contribution is 2.25. The molecule has 0 bridgehead atoms. The summed E-state index contributed by atoms with van der Waals surface area (Å²) in [6.07, 6.45) is 6.49. The van der Waals surface area contributed by atoms with E-state index in [0.717, 1.165) is 80.0 Å². The van der Waals surface area contributed by atoms with Crippen molar-refractivity contribution in [3.8, 4) is 0 Å². The molecule has 5 rings (SSSR count). The van der Waals surface area contributed by atoms with Gasteiger partial charge in [-0.25, -0.2) is 4.68 Å². The molecule has 1 fully saturated rings. The van der Waals surface area contributed by atoms with Crippen LogP contribution in [-0.2, 0) is 19.4 Å². The van der Waals surface area contributed by atoms with Crippen LogP contribution in [0.25, 0.3) is 11.0 Å². The average Bonchev–Trinajstić information content (AvgIpc) is 3.35. The highest BCUT2D eigenvalue weighted by Gasteiger charge is 2.22. The molecule has 1 aliphatic heterocycles. The Morgan fingerprint density at radius 3 is 2.89 bits per heavy atom. The zero-order valence-electron chi connectivity index (χ0n) is 15.2. The summed E-state index contributed by atoms with van der Waals surface area (Å²) < 4.78 is 7.21. The Hall–Kier alpha value is -2.74. The lowest BCUT2D eigenvalue weighted by molar-refractivity contribution is 0.242. The molecule has 1 saturated heterocycles. The number of furan rings is 1. The zero-order valence-corrected chi connectivity index (χ0v) is 15.2. The maximum absolute atomic E-state index is 12.2. The largest absolute Gasteiger partial charge is 0.460 e. The minimum Gasteiger partial charge on any atom is -0.460 e. The van der Waals surface area contributed by atoms with Crippen molar-refractivity contribution in [3.05, 3.63) is 46.2 Å². The summed E-state index contributed by atoms with van der Waals surface area (Å²) in [7, 11) is 0. The van der Waals surface area contributed by atoms with E-state index in [1.165, 1.54) is 0 Å². The van der Waals surface area contributed by atoms with Crippen LogP contribution in [0.1, 0.15) is 17.7 Å². The van der Waals surface area contributed by atoms with Crippen LogP contribution < -0.4 is 10.5 Å². The molecule has 140 valence electrons. The molecule has 0 saturated carbocycles. The highest BCUT2D eigenvalue weighted by atomic mass is 16.3. The predicted octanol–water partition coefficient (Wildman–Crippen LogP) is 1.09. The van der Waals surface area contributed by atoms with Crippen LogP contribution in [-0.4, -0.2) is 57.6 Å². The highest BCUT2D eigenvalue weighted by molar-refractivity contribution is 5.86. The SMILES string of the molecule is O=c1cc2c(nn1CCN1CCN(c3nncc4ccoc34)CC1)CCC2. The predicted molar refractivity (Wildman–Crippen MR) is 101 cm³/mol. The van der Waals surface area contributed by atoms with Gasteiger partial charge in [0.1, 0.15) is 0 Å². The van der Waals surface area contributed by atoms with E-state index in [1.54, 1.807) is 23.2 Å². The standard InChI is InChI=1S/C19H22N6O2/c26-17-12-14-2-1-3-16(14)22-25(17)10-7-23-5-8-24(9-6-23)19-18-15(4-11-27-18)13-20-21-19/h4,11-13H,1-3,5-10H2. The molecule has 8 nitrogen and oxygen atoms in total. The van der Waals surface area contributed by atoms with Crippen LogP contribution in [0.4, 0.5) is 5.82 Å². The quantitative estimate of drug-likeness (QED) is 0.684. The fourth-order valence-corrected chi connectivity index (χ4v) is 4.02. The van der Waals surface area contributed by atoms with Gasteiger partial charge in [-0.2, -0.15) is 10.2 Å². The Kier molecular flexibility index (Phi) is 4.12. The second-order valence-corrected chi connectivity index (χ2v) is 7.23. The fourth-order valence-electron chi connectivity index (χ4n) is 4.02. The molecule has 3 aromatic rings. The molecule has 0 spiro atoms. The lowest BCUT2D eigenvalue weighted by Crippen LogP contribution is -2.48. The third-order valence-corrected chi connectivity index (χ3v) is 5.57. The molecular formula is C19H22N6O2. The molecule has 3 aromatic heterocycles.